The molecule has 1 atom stereocenters. The highest BCUT2D eigenvalue weighted by molar-refractivity contribution is 14.1. The minimum atomic E-state index is -0.726. The second-order valence-electron chi connectivity index (χ2n) is 2.12. The summed E-state index contributed by atoms with van der Waals surface area (Å²) in [6, 6.07) is 0. The van der Waals surface area contributed by atoms with E-state index in [9.17, 15) is 4.79 Å². The van der Waals surface area contributed by atoms with E-state index in [2.05, 4.69) is 61.1 Å². The van der Waals surface area contributed by atoms with Gasteiger partial charge in [0.2, 0.25) is 0 Å². The minimum Gasteiger partial charge on any atom is -0.446 e. The van der Waals surface area contributed by atoms with E-state index >= 15 is 0 Å². The minimum absolute atomic E-state index is 0.170. The molecule has 0 aliphatic heterocycles. The fraction of sp³-hybridized carbons (Fsp3) is 0.500. The fourth-order valence-electron chi connectivity index (χ4n) is 0.569. The zero-order valence-corrected chi connectivity index (χ0v) is 12.2. The van der Waals surface area contributed by atoms with E-state index in [-0.39, 0.29) is 6.10 Å². The Morgan fingerprint density at radius 3 is 2.50 bits per heavy atom. The lowest BCUT2D eigenvalue weighted by atomic mass is 10.3. The third kappa shape index (κ3) is 6.46. The maximum Gasteiger partial charge on any atom is 0.404 e. The Kier molecular flexibility index (Phi) is 6.92. The topological polar surface area (TPSA) is 52.3 Å². The lowest BCUT2D eigenvalue weighted by Crippen LogP contribution is -2.20. The van der Waals surface area contributed by atoms with Crippen molar-refractivity contribution in [3.63, 3.8) is 0 Å². The predicted octanol–water partition coefficient (Wildman–Crippen LogP) is 3.29. The molecule has 0 fully saturated rings. The molecule has 0 aliphatic rings. The molecule has 1 unspecified atom stereocenters. The van der Waals surface area contributed by atoms with Gasteiger partial charge < -0.3 is 10.5 Å². The van der Waals surface area contributed by atoms with Gasteiger partial charge >= 0.3 is 6.09 Å². The van der Waals surface area contributed by atoms with Gasteiger partial charge in [-0.15, -0.1) is 0 Å². The highest BCUT2D eigenvalue weighted by atomic mass is 127. The van der Waals surface area contributed by atoms with E-state index in [1.54, 1.807) is 6.92 Å². The Hall–Kier alpha value is 0.950. The van der Waals surface area contributed by atoms with Gasteiger partial charge in [-0.1, -0.05) is 0 Å². The number of carbonyl (C=O) groups is 1. The van der Waals surface area contributed by atoms with Gasteiger partial charge in [0, 0.05) is 10.0 Å². The predicted molar refractivity (Wildman–Crippen MR) is 68.7 cm³/mol. The smallest absolute Gasteiger partial charge is 0.404 e. The molecule has 0 bridgehead atoms. The van der Waals surface area contributed by atoms with Crippen LogP contribution in [0.5, 0.6) is 0 Å². The molecule has 0 spiro atoms. The molecule has 0 aromatic rings. The second kappa shape index (κ2) is 6.41. The number of primary amides is 1. The van der Waals surface area contributed by atoms with Crippen molar-refractivity contribution >= 4 is 67.2 Å². The molecular weight excluding hydrogens is 452 g/mol. The number of ether oxygens (including phenoxy) is 1. The molecule has 0 aliphatic carbocycles. The molecule has 0 aromatic carbocycles. The third-order valence-electron chi connectivity index (χ3n) is 0.989. The molecule has 2 N–H and O–H groups in total. The molecule has 0 heterocycles. The number of amides is 1. The number of rotatable bonds is 3. The van der Waals surface area contributed by atoms with Gasteiger partial charge in [0.15, 0.2) is 0 Å². The highest BCUT2D eigenvalue weighted by Gasteiger charge is 2.08. The first kappa shape index (κ1) is 12.9. The second-order valence-corrected chi connectivity index (χ2v) is 6.77. The SMILES string of the molecule is CC(C/C(I)=C(\Br)I)OC(N)=O. The molecule has 6 heteroatoms. The van der Waals surface area contributed by atoms with Gasteiger partial charge in [0.05, 0.1) is 2.49 Å². The average Bonchev–Trinajstić information content (AvgIpc) is 1.84. The summed E-state index contributed by atoms with van der Waals surface area (Å²) in [5.41, 5.74) is 4.85. The standard InChI is InChI=1S/C6H8BrI2NO2/c1-3(12-6(10)11)2-4(8)5(7)9/h3H,2H2,1H3,(H2,10,11)/b5-4-. The Balaban J connectivity index is 3.93. The Labute approximate surface area is 107 Å². The number of nitrogens with two attached hydrogens (primary N) is 1. The summed E-state index contributed by atoms with van der Waals surface area (Å²) in [5, 5.41) is 0. The summed E-state index contributed by atoms with van der Waals surface area (Å²) in [4.78, 5) is 10.3. The van der Waals surface area contributed by atoms with Gasteiger partial charge in [-0.25, -0.2) is 4.79 Å². The van der Waals surface area contributed by atoms with Crippen molar-refractivity contribution in [2.24, 2.45) is 5.73 Å². The Bertz CT molecular complexity index is 204. The molecule has 12 heavy (non-hydrogen) atoms. The van der Waals surface area contributed by atoms with E-state index in [1.807, 2.05) is 0 Å². The number of hydrogen-bond donors (Lipinski definition) is 1. The number of carbonyl (C=O) groups excluding carboxylic acids is 1. The van der Waals surface area contributed by atoms with Gasteiger partial charge in [-0.05, 0) is 68.0 Å². The van der Waals surface area contributed by atoms with E-state index in [0.29, 0.717) is 6.42 Å². The van der Waals surface area contributed by atoms with Gasteiger partial charge in [0.25, 0.3) is 0 Å². The van der Waals surface area contributed by atoms with Crippen LogP contribution in [0, 0.1) is 0 Å². The van der Waals surface area contributed by atoms with Gasteiger partial charge in [-0.2, -0.15) is 0 Å². The highest BCUT2D eigenvalue weighted by Crippen LogP contribution is 2.28. The molecule has 0 rings (SSSR count). The van der Waals surface area contributed by atoms with E-state index in [1.165, 1.54) is 0 Å². The molecular formula is C6H8BrI2NO2. The van der Waals surface area contributed by atoms with Crippen LogP contribution >= 0.6 is 61.1 Å². The molecule has 3 nitrogen and oxygen atoms in total. The van der Waals surface area contributed by atoms with E-state index in [4.69, 9.17) is 10.5 Å². The molecule has 0 aromatic heterocycles. The van der Waals surface area contributed by atoms with Crippen molar-refractivity contribution in [2.75, 3.05) is 0 Å². The Morgan fingerprint density at radius 2 is 2.17 bits per heavy atom. The summed E-state index contributed by atoms with van der Waals surface area (Å²) < 4.78 is 6.89. The summed E-state index contributed by atoms with van der Waals surface area (Å²) in [6.07, 6.45) is -0.208. The molecule has 70 valence electrons. The van der Waals surface area contributed by atoms with Gasteiger partial charge in [0.1, 0.15) is 6.10 Å². The van der Waals surface area contributed by atoms with Crippen molar-refractivity contribution in [3.05, 3.63) is 6.07 Å². The lowest BCUT2D eigenvalue weighted by Gasteiger charge is -2.10. The first-order valence-corrected chi connectivity index (χ1v) is 6.04. The van der Waals surface area contributed by atoms with Crippen molar-refractivity contribution in [1.82, 2.24) is 0 Å². The van der Waals surface area contributed by atoms with Crippen LogP contribution in [0.3, 0.4) is 0 Å². The summed E-state index contributed by atoms with van der Waals surface area (Å²) in [7, 11) is 0. The zero-order chi connectivity index (χ0) is 9.72. The quantitative estimate of drug-likeness (QED) is 0.658. The van der Waals surface area contributed by atoms with Crippen molar-refractivity contribution in [1.29, 1.82) is 0 Å². The van der Waals surface area contributed by atoms with Crippen LogP contribution in [-0.2, 0) is 4.74 Å². The number of hydrogen-bond acceptors (Lipinski definition) is 2. The molecule has 0 saturated heterocycles. The maximum absolute atomic E-state index is 10.3. The first-order chi connectivity index (χ1) is 5.43. The van der Waals surface area contributed by atoms with E-state index in [0.717, 1.165) is 6.07 Å². The van der Waals surface area contributed by atoms with Crippen molar-refractivity contribution in [2.45, 2.75) is 19.4 Å². The van der Waals surface area contributed by atoms with E-state index < -0.39 is 6.09 Å². The molecule has 0 radical (unpaired) electrons. The first-order valence-electron chi connectivity index (χ1n) is 3.09. The summed E-state index contributed by atoms with van der Waals surface area (Å²) >= 11 is 7.66. The van der Waals surface area contributed by atoms with Crippen LogP contribution in [0.2, 0.25) is 0 Å². The lowest BCUT2D eigenvalue weighted by molar-refractivity contribution is 0.117. The Morgan fingerprint density at radius 1 is 1.67 bits per heavy atom. The van der Waals surface area contributed by atoms with Crippen LogP contribution in [0.25, 0.3) is 0 Å². The van der Waals surface area contributed by atoms with Crippen LogP contribution in [0.1, 0.15) is 13.3 Å². The normalized spacial score (nSPS) is 15.0. The maximum atomic E-state index is 10.3. The van der Waals surface area contributed by atoms with Crippen LogP contribution < -0.4 is 5.73 Å². The fourth-order valence-corrected chi connectivity index (χ4v) is 1.57. The van der Waals surface area contributed by atoms with Crippen LogP contribution in [0.15, 0.2) is 6.07 Å². The van der Waals surface area contributed by atoms with Crippen molar-refractivity contribution < 1.29 is 9.53 Å². The average molecular weight is 460 g/mol. The molecule has 1 amide bonds. The zero-order valence-electron chi connectivity index (χ0n) is 6.31. The van der Waals surface area contributed by atoms with Crippen LogP contribution in [0.4, 0.5) is 4.79 Å². The largest absolute Gasteiger partial charge is 0.446 e. The van der Waals surface area contributed by atoms with Gasteiger partial charge in [-0.3, -0.25) is 0 Å². The van der Waals surface area contributed by atoms with Crippen molar-refractivity contribution in [3.8, 4) is 0 Å². The van der Waals surface area contributed by atoms with Crippen LogP contribution in [-0.4, -0.2) is 12.2 Å². The summed E-state index contributed by atoms with van der Waals surface area (Å²) in [6.45, 7) is 1.80. The third-order valence-corrected chi connectivity index (χ3v) is 4.87. The monoisotopic (exact) mass is 459 g/mol. The summed E-state index contributed by atoms with van der Waals surface area (Å²) in [5.74, 6) is 0. The number of halogens is 3. The molecule has 0 saturated carbocycles.